The molecule has 1 atom stereocenters. The van der Waals surface area contributed by atoms with Crippen LogP contribution in [0.4, 0.5) is 0 Å². The predicted molar refractivity (Wildman–Crippen MR) is 67.4 cm³/mol. The number of hydrogen-bond acceptors (Lipinski definition) is 2. The van der Waals surface area contributed by atoms with Gasteiger partial charge in [0.1, 0.15) is 5.75 Å². The highest BCUT2D eigenvalue weighted by Crippen LogP contribution is 2.18. The summed E-state index contributed by atoms with van der Waals surface area (Å²) in [7, 11) is 0. The van der Waals surface area contributed by atoms with Gasteiger partial charge >= 0.3 is 0 Å². The van der Waals surface area contributed by atoms with Gasteiger partial charge in [0.2, 0.25) is 0 Å². The highest BCUT2D eigenvalue weighted by molar-refractivity contribution is 5.46. The molecule has 0 aliphatic heterocycles. The van der Waals surface area contributed by atoms with Crippen molar-refractivity contribution in [3.05, 3.63) is 29.8 Å². The molecule has 0 radical (unpaired) electrons. The maximum absolute atomic E-state index is 5.76. The number of para-hydroxylation sites is 1. The summed E-state index contributed by atoms with van der Waals surface area (Å²) in [5.74, 6) is 6.91. The summed E-state index contributed by atoms with van der Waals surface area (Å²) in [4.78, 5) is 0. The Bertz CT molecular complexity index is 387. The van der Waals surface area contributed by atoms with E-state index in [9.17, 15) is 0 Å². The highest BCUT2D eigenvalue weighted by atomic mass is 16.5. The van der Waals surface area contributed by atoms with Crippen LogP contribution in [0.15, 0.2) is 24.3 Å². The molecule has 0 amide bonds. The van der Waals surface area contributed by atoms with Crippen LogP contribution < -0.4 is 10.5 Å². The molecule has 1 aromatic rings. The van der Waals surface area contributed by atoms with E-state index in [4.69, 9.17) is 10.5 Å². The third-order valence-electron chi connectivity index (χ3n) is 2.08. The van der Waals surface area contributed by atoms with Crippen LogP contribution in [0.25, 0.3) is 0 Å². The molecule has 1 unspecified atom stereocenters. The van der Waals surface area contributed by atoms with Gasteiger partial charge in [-0.1, -0.05) is 30.9 Å². The molecular formula is C14H19NO. The Kier molecular flexibility index (Phi) is 4.88. The van der Waals surface area contributed by atoms with E-state index in [0.717, 1.165) is 17.7 Å². The highest BCUT2D eigenvalue weighted by Gasteiger charge is 2.02. The standard InChI is InChI=1S/C14H19NO/c1-4-13(15)10-9-12-7-5-6-8-14(12)16-11(2)3/h5-8,11,13H,4,15H2,1-3H3. The molecule has 1 rings (SSSR count). The van der Waals surface area contributed by atoms with E-state index >= 15 is 0 Å². The molecule has 0 saturated heterocycles. The van der Waals surface area contributed by atoms with Crippen LogP contribution >= 0.6 is 0 Å². The second kappa shape index (κ2) is 6.19. The minimum Gasteiger partial charge on any atom is -0.490 e. The fourth-order valence-electron chi connectivity index (χ4n) is 1.20. The van der Waals surface area contributed by atoms with Crippen molar-refractivity contribution < 1.29 is 4.74 Å². The zero-order valence-electron chi connectivity index (χ0n) is 10.2. The molecule has 0 spiro atoms. The lowest BCUT2D eigenvalue weighted by molar-refractivity contribution is 0.242. The summed E-state index contributed by atoms with van der Waals surface area (Å²) in [6.45, 7) is 6.03. The van der Waals surface area contributed by atoms with Crippen LogP contribution in [-0.4, -0.2) is 12.1 Å². The topological polar surface area (TPSA) is 35.2 Å². The normalized spacial score (nSPS) is 11.8. The second-order valence-electron chi connectivity index (χ2n) is 3.95. The lowest BCUT2D eigenvalue weighted by Crippen LogP contribution is -2.15. The summed E-state index contributed by atoms with van der Waals surface area (Å²) >= 11 is 0. The van der Waals surface area contributed by atoms with Crippen molar-refractivity contribution in [2.24, 2.45) is 5.73 Å². The van der Waals surface area contributed by atoms with Crippen LogP contribution in [0.5, 0.6) is 5.75 Å². The van der Waals surface area contributed by atoms with E-state index in [2.05, 4.69) is 11.8 Å². The molecule has 1 aromatic carbocycles. The third-order valence-corrected chi connectivity index (χ3v) is 2.08. The smallest absolute Gasteiger partial charge is 0.135 e. The van der Waals surface area contributed by atoms with E-state index in [0.29, 0.717) is 0 Å². The Morgan fingerprint density at radius 3 is 2.62 bits per heavy atom. The zero-order chi connectivity index (χ0) is 12.0. The van der Waals surface area contributed by atoms with Gasteiger partial charge in [-0.3, -0.25) is 0 Å². The average Bonchev–Trinajstić information content (AvgIpc) is 2.26. The summed E-state index contributed by atoms with van der Waals surface area (Å²) in [6, 6.07) is 7.72. The average molecular weight is 217 g/mol. The number of benzene rings is 1. The molecule has 86 valence electrons. The van der Waals surface area contributed by atoms with Gasteiger partial charge in [-0.2, -0.15) is 0 Å². The Morgan fingerprint density at radius 2 is 2.00 bits per heavy atom. The molecule has 0 saturated carbocycles. The van der Waals surface area contributed by atoms with Gasteiger partial charge < -0.3 is 10.5 Å². The predicted octanol–water partition coefficient (Wildman–Crippen LogP) is 2.56. The van der Waals surface area contributed by atoms with Gasteiger partial charge in [0.15, 0.2) is 0 Å². The van der Waals surface area contributed by atoms with E-state index in [1.54, 1.807) is 0 Å². The molecule has 0 bridgehead atoms. The molecule has 2 heteroatoms. The minimum atomic E-state index is -0.0629. The first-order chi connectivity index (χ1) is 7.63. The van der Waals surface area contributed by atoms with Crippen LogP contribution in [0, 0.1) is 11.8 Å². The molecule has 0 heterocycles. The SMILES string of the molecule is CCC(N)C#Cc1ccccc1OC(C)C. The van der Waals surface area contributed by atoms with Crippen molar-refractivity contribution in [3.8, 4) is 17.6 Å². The summed E-state index contributed by atoms with van der Waals surface area (Å²) in [5, 5.41) is 0. The van der Waals surface area contributed by atoms with Gasteiger partial charge in [0, 0.05) is 0 Å². The maximum atomic E-state index is 5.76. The minimum absolute atomic E-state index is 0.0629. The number of hydrogen-bond donors (Lipinski definition) is 1. The number of rotatable bonds is 3. The fourth-order valence-corrected chi connectivity index (χ4v) is 1.20. The summed E-state index contributed by atoms with van der Waals surface area (Å²) in [5.41, 5.74) is 6.66. The number of ether oxygens (including phenoxy) is 1. The summed E-state index contributed by atoms with van der Waals surface area (Å²) < 4.78 is 5.67. The van der Waals surface area contributed by atoms with Crippen molar-refractivity contribution in [2.75, 3.05) is 0 Å². The summed E-state index contributed by atoms with van der Waals surface area (Å²) in [6.07, 6.45) is 1.02. The largest absolute Gasteiger partial charge is 0.490 e. The van der Waals surface area contributed by atoms with Gasteiger partial charge in [-0.15, -0.1) is 0 Å². The fraction of sp³-hybridized carbons (Fsp3) is 0.429. The van der Waals surface area contributed by atoms with Gasteiger partial charge in [0.25, 0.3) is 0 Å². The molecular weight excluding hydrogens is 198 g/mol. The first-order valence-corrected chi connectivity index (χ1v) is 5.66. The molecule has 0 aliphatic carbocycles. The molecule has 2 nitrogen and oxygen atoms in total. The van der Waals surface area contributed by atoms with Crippen molar-refractivity contribution >= 4 is 0 Å². The molecule has 16 heavy (non-hydrogen) atoms. The van der Waals surface area contributed by atoms with Gasteiger partial charge in [-0.05, 0) is 32.4 Å². The van der Waals surface area contributed by atoms with Gasteiger partial charge in [0.05, 0.1) is 17.7 Å². The van der Waals surface area contributed by atoms with E-state index < -0.39 is 0 Å². The first-order valence-electron chi connectivity index (χ1n) is 5.66. The molecule has 0 aliphatic rings. The van der Waals surface area contributed by atoms with Crippen LogP contribution in [0.3, 0.4) is 0 Å². The van der Waals surface area contributed by atoms with Crippen molar-refractivity contribution in [3.63, 3.8) is 0 Å². The lowest BCUT2D eigenvalue weighted by atomic mass is 10.1. The molecule has 0 aromatic heterocycles. The Balaban J connectivity index is 2.89. The molecule has 2 N–H and O–H groups in total. The Labute approximate surface area is 97.8 Å². The third kappa shape index (κ3) is 3.96. The monoisotopic (exact) mass is 217 g/mol. The number of nitrogens with two attached hydrogens (primary N) is 1. The van der Waals surface area contributed by atoms with Crippen molar-refractivity contribution in [2.45, 2.75) is 39.3 Å². The maximum Gasteiger partial charge on any atom is 0.135 e. The first kappa shape index (κ1) is 12.6. The van der Waals surface area contributed by atoms with Crippen LogP contribution in [0.2, 0.25) is 0 Å². The zero-order valence-corrected chi connectivity index (χ0v) is 10.2. The Hall–Kier alpha value is -1.46. The van der Waals surface area contributed by atoms with Crippen molar-refractivity contribution in [1.29, 1.82) is 0 Å². The lowest BCUT2D eigenvalue weighted by Gasteiger charge is -2.11. The van der Waals surface area contributed by atoms with Crippen LogP contribution in [0.1, 0.15) is 32.8 Å². The van der Waals surface area contributed by atoms with E-state index in [1.807, 2.05) is 45.0 Å². The quantitative estimate of drug-likeness (QED) is 0.790. The van der Waals surface area contributed by atoms with Crippen molar-refractivity contribution in [1.82, 2.24) is 0 Å². The van der Waals surface area contributed by atoms with Gasteiger partial charge in [-0.25, -0.2) is 0 Å². The van der Waals surface area contributed by atoms with E-state index in [1.165, 1.54) is 0 Å². The Morgan fingerprint density at radius 1 is 1.31 bits per heavy atom. The van der Waals surface area contributed by atoms with E-state index in [-0.39, 0.29) is 12.1 Å². The van der Waals surface area contributed by atoms with Crippen LogP contribution in [-0.2, 0) is 0 Å². The molecule has 0 fully saturated rings. The second-order valence-corrected chi connectivity index (χ2v) is 3.95.